The number of ether oxygens (including phenoxy) is 2. The molecule has 0 spiro atoms. The minimum atomic E-state index is 0.214. The Morgan fingerprint density at radius 2 is 1.81 bits per heavy atom. The van der Waals surface area contributed by atoms with E-state index >= 15 is 0 Å². The van der Waals surface area contributed by atoms with Gasteiger partial charge in [0.2, 0.25) is 0 Å². The molecule has 1 aromatic rings. The van der Waals surface area contributed by atoms with Gasteiger partial charge < -0.3 is 14.0 Å². The van der Waals surface area contributed by atoms with Crippen LogP contribution in [0.3, 0.4) is 0 Å². The highest BCUT2D eigenvalue weighted by molar-refractivity contribution is 8.77. The fourth-order valence-electron chi connectivity index (χ4n) is 1.37. The molecule has 21 heavy (non-hydrogen) atoms. The lowest BCUT2D eigenvalue weighted by Gasteiger charge is -2.32. The van der Waals surface area contributed by atoms with Crippen LogP contribution >= 0.6 is 21.6 Å². The van der Waals surface area contributed by atoms with Gasteiger partial charge in [-0.3, -0.25) is 0 Å². The number of quaternary nitrogens is 1. The van der Waals surface area contributed by atoms with Crippen LogP contribution in [0.15, 0.2) is 36.8 Å². The highest BCUT2D eigenvalue weighted by Gasteiger charge is 2.11. The van der Waals surface area contributed by atoms with Crippen LogP contribution in [-0.2, 0) is 4.74 Å². The lowest BCUT2D eigenvalue weighted by Crippen LogP contribution is -2.31. The van der Waals surface area contributed by atoms with Gasteiger partial charge in [-0.15, -0.1) is 7.05 Å². The summed E-state index contributed by atoms with van der Waals surface area (Å²) >= 11 is 0. The number of benzene rings is 1. The summed E-state index contributed by atoms with van der Waals surface area (Å²) in [6.45, 7) is 10.3. The highest BCUT2D eigenvalue weighted by atomic mass is 33.1. The van der Waals surface area contributed by atoms with Crippen molar-refractivity contribution in [1.82, 2.24) is 4.48 Å². The van der Waals surface area contributed by atoms with Gasteiger partial charge in [-0.1, -0.05) is 42.4 Å². The zero-order chi connectivity index (χ0) is 16.1. The largest absolute Gasteiger partial charge is 0.454 e. The molecule has 3 nitrogen and oxygen atoms in total. The molecule has 0 unspecified atom stereocenters. The number of hydrogen-bond donors (Lipinski definition) is 0. The smallest absolute Gasteiger partial charge is 0.277 e. The average molecular weight is 328 g/mol. The van der Waals surface area contributed by atoms with Gasteiger partial charge in [0, 0.05) is 31.0 Å². The molecule has 0 amide bonds. The van der Waals surface area contributed by atoms with Gasteiger partial charge in [-0.25, -0.2) is 0 Å². The zero-order valence-corrected chi connectivity index (χ0v) is 15.1. The summed E-state index contributed by atoms with van der Waals surface area (Å²) in [7, 11) is 11.5. The van der Waals surface area contributed by atoms with Crippen molar-refractivity contribution in [1.29, 1.82) is 0 Å². The van der Waals surface area contributed by atoms with E-state index in [0.717, 1.165) is 5.69 Å². The predicted molar refractivity (Wildman–Crippen MR) is 96.1 cm³/mol. The maximum absolute atomic E-state index is 5.55. The summed E-state index contributed by atoms with van der Waals surface area (Å²) < 4.78 is 11.7. The minimum absolute atomic E-state index is 0.214. The Morgan fingerprint density at radius 1 is 1.24 bits per heavy atom. The monoisotopic (exact) mass is 327 g/mol. The molecular weight excluding hydrogens is 302 g/mol. The van der Waals surface area contributed by atoms with Gasteiger partial charge in [0.25, 0.3) is 5.95 Å². The Kier molecular flexibility index (Phi) is 6.50. The first kappa shape index (κ1) is 18.3. The Labute approximate surface area is 136 Å². The van der Waals surface area contributed by atoms with Gasteiger partial charge in [0.15, 0.2) is 0 Å². The van der Waals surface area contributed by atoms with Gasteiger partial charge in [-0.2, -0.15) is 0 Å². The third kappa shape index (κ3) is 7.69. The number of hydrogen-bond acceptors (Lipinski definition) is 4. The van der Waals surface area contributed by atoms with E-state index in [1.54, 1.807) is 21.6 Å². The van der Waals surface area contributed by atoms with Gasteiger partial charge in [0.1, 0.15) is 17.4 Å². The van der Waals surface area contributed by atoms with Crippen LogP contribution in [0.2, 0.25) is 0 Å². The third-order valence-corrected chi connectivity index (χ3v) is 5.32. The molecule has 0 saturated carbocycles. The molecule has 0 heterocycles. The van der Waals surface area contributed by atoms with Crippen LogP contribution < -0.4 is 9.22 Å². The molecule has 0 N–H and O–H groups in total. The van der Waals surface area contributed by atoms with E-state index in [2.05, 4.69) is 34.4 Å². The van der Waals surface area contributed by atoms with Crippen LogP contribution in [-0.4, -0.2) is 24.8 Å². The van der Waals surface area contributed by atoms with Crippen LogP contribution in [0.5, 0.6) is 5.75 Å². The fourth-order valence-corrected chi connectivity index (χ4v) is 3.30. The second-order valence-electron chi connectivity index (χ2n) is 6.23. The lowest BCUT2D eigenvalue weighted by molar-refractivity contribution is 0.143. The van der Waals surface area contributed by atoms with Crippen molar-refractivity contribution in [3.8, 4) is 5.75 Å². The first-order valence-corrected chi connectivity index (χ1v) is 8.99. The molecule has 5 heteroatoms. The van der Waals surface area contributed by atoms with Crippen molar-refractivity contribution >= 4 is 27.3 Å². The van der Waals surface area contributed by atoms with Crippen molar-refractivity contribution in [3.63, 3.8) is 0 Å². The van der Waals surface area contributed by atoms with Gasteiger partial charge in [-0.05, 0) is 18.7 Å². The molecule has 1 rings (SSSR count). The Morgan fingerprint density at radius 3 is 2.29 bits per heavy atom. The molecule has 1 aromatic carbocycles. The van der Waals surface area contributed by atoms with E-state index in [-0.39, 0.29) is 4.75 Å². The molecular formula is C16H25NO2S2. The quantitative estimate of drug-likeness (QED) is 0.174. The molecule has 0 bridgehead atoms. The van der Waals surface area contributed by atoms with Crippen molar-refractivity contribution < 1.29 is 9.47 Å². The van der Waals surface area contributed by atoms with E-state index in [4.69, 9.17) is 9.47 Å². The van der Waals surface area contributed by atoms with Gasteiger partial charge >= 0.3 is 0 Å². The normalized spacial score (nSPS) is 12.1. The molecule has 0 radical (unpaired) electrons. The van der Waals surface area contributed by atoms with Crippen LogP contribution in [0.4, 0.5) is 5.69 Å². The molecule has 0 aliphatic carbocycles. The molecule has 0 aromatic heterocycles. The van der Waals surface area contributed by atoms with Crippen LogP contribution in [0, 0.1) is 7.05 Å². The summed E-state index contributed by atoms with van der Waals surface area (Å²) in [5, 5.41) is 0. The highest BCUT2D eigenvalue weighted by Crippen LogP contribution is 2.35. The summed E-state index contributed by atoms with van der Waals surface area (Å²) in [5.41, 5.74) is 1.10. The van der Waals surface area contributed by atoms with Crippen LogP contribution in [0.1, 0.15) is 20.8 Å². The standard InChI is InChI=1S/C16H25NO2S2/c1-13(18-12-20-21-16(2,3)4)19-15-10-8-14(9-11-15)17(5,6)7/h8-11H,1,5,12H2,2-4,6-7H3. The zero-order valence-electron chi connectivity index (χ0n) is 13.5. The summed E-state index contributed by atoms with van der Waals surface area (Å²) in [6, 6.07) is 7.76. The number of rotatable bonds is 7. The van der Waals surface area contributed by atoms with E-state index in [1.165, 1.54) is 0 Å². The summed E-state index contributed by atoms with van der Waals surface area (Å²) in [4.78, 5) is 0. The van der Waals surface area contributed by atoms with E-state index < -0.39 is 0 Å². The molecule has 0 aliphatic rings. The predicted octanol–water partition coefficient (Wildman–Crippen LogP) is 5.05. The van der Waals surface area contributed by atoms with Crippen molar-refractivity contribution in [2.24, 2.45) is 0 Å². The Balaban J connectivity index is 2.38. The Hall–Kier alpha value is -0.780. The van der Waals surface area contributed by atoms with Crippen molar-refractivity contribution in [2.45, 2.75) is 25.5 Å². The maximum Gasteiger partial charge on any atom is 0.277 e. The molecule has 0 saturated heterocycles. The molecule has 0 aliphatic heterocycles. The summed E-state index contributed by atoms with van der Waals surface area (Å²) in [6.07, 6.45) is 0. The number of nitrogens with zero attached hydrogens (tertiary/aromatic N) is 1. The molecule has 0 atom stereocenters. The second kappa shape index (κ2) is 7.47. The van der Waals surface area contributed by atoms with Crippen molar-refractivity contribution in [3.05, 3.63) is 43.8 Å². The Bertz CT molecular complexity index is 459. The maximum atomic E-state index is 5.55. The topological polar surface area (TPSA) is 18.5 Å². The van der Waals surface area contributed by atoms with E-state index in [9.17, 15) is 0 Å². The molecule has 0 fully saturated rings. The SMILES string of the molecule is C=C(OCSSC(C)(C)C)Oc1ccc([N+]([CH2-])(C)C)cc1. The minimum Gasteiger partial charge on any atom is -0.454 e. The second-order valence-corrected chi connectivity index (χ2v) is 9.30. The van der Waals surface area contributed by atoms with E-state index in [0.29, 0.717) is 22.1 Å². The van der Waals surface area contributed by atoms with E-state index in [1.807, 2.05) is 38.4 Å². The fraction of sp³-hybridized carbons (Fsp3) is 0.438. The first-order chi connectivity index (χ1) is 9.58. The van der Waals surface area contributed by atoms with Gasteiger partial charge in [0.05, 0.1) is 0 Å². The first-order valence-electron chi connectivity index (χ1n) is 6.67. The summed E-state index contributed by atoms with van der Waals surface area (Å²) in [5.74, 6) is 1.54. The third-order valence-electron chi connectivity index (χ3n) is 2.34. The lowest BCUT2D eigenvalue weighted by atomic mass is 10.2. The molecule has 118 valence electrons. The van der Waals surface area contributed by atoms with Crippen molar-refractivity contribution in [2.75, 3.05) is 20.0 Å². The van der Waals surface area contributed by atoms with Crippen LogP contribution in [0.25, 0.3) is 0 Å². The average Bonchev–Trinajstić information content (AvgIpc) is 2.33.